The van der Waals surface area contributed by atoms with Crippen LogP contribution in [0.2, 0.25) is 5.02 Å². The average Bonchev–Trinajstić information content (AvgIpc) is 2.63. The minimum Gasteiger partial charge on any atom is -0.379 e. The number of ether oxygens (including phenoxy) is 1. The second-order valence-electron chi connectivity index (χ2n) is 6.43. The molecule has 0 aromatic heterocycles. The first-order valence-electron chi connectivity index (χ1n) is 8.99. The minimum atomic E-state index is -0.0887. The summed E-state index contributed by atoms with van der Waals surface area (Å²) in [5, 5.41) is 6.79. The van der Waals surface area contributed by atoms with E-state index in [4.69, 9.17) is 16.3 Å². The second kappa shape index (κ2) is 9.67. The standard InChI is InChI=1S/C18H26ClN3O2S/c19-14-3-4-17-15(13-14)16(5-12-25-17)21-18(23)20-6-1-2-7-22-8-10-24-11-9-22/h3-4,13,16H,1-2,5-12H2,(H2,20,21,23). The highest BCUT2D eigenvalue weighted by molar-refractivity contribution is 7.99. The molecule has 2 heterocycles. The first-order valence-corrected chi connectivity index (χ1v) is 10.4. The molecule has 1 atom stereocenters. The van der Waals surface area contributed by atoms with Gasteiger partial charge in [-0.3, -0.25) is 4.90 Å². The molecule has 2 amide bonds. The summed E-state index contributed by atoms with van der Waals surface area (Å²) in [4.78, 5) is 15.8. The van der Waals surface area contributed by atoms with Crippen molar-refractivity contribution in [2.75, 3.05) is 45.1 Å². The van der Waals surface area contributed by atoms with Crippen LogP contribution in [0.15, 0.2) is 23.1 Å². The van der Waals surface area contributed by atoms with Crippen molar-refractivity contribution >= 4 is 29.4 Å². The molecule has 0 bridgehead atoms. The molecule has 1 fully saturated rings. The molecule has 25 heavy (non-hydrogen) atoms. The monoisotopic (exact) mass is 383 g/mol. The van der Waals surface area contributed by atoms with Crippen LogP contribution in [0.4, 0.5) is 4.79 Å². The molecule has 2 N–H and O–H groups in total. The zero-order valence-electron chi connectivity index (χ0n) is 14.4. The van der Waals surface area contributed by atoms with E-state index in [1.54, 1.807) is 0 Å². The highest BCUT2D eigenvalue weighted by atomic mass is 35.5. The molecule has 1 saturated heterocycles. The van der Waals surface area contributed by atoms with Crippen molar-refractivity contribution in [1.82, 2.24) is 15.5 Å². The largest absolute Gasteiger partial charge is 0.379 e. The summed E-state index contributed by atoms with van der Waals surface area (Å²) < 4.78 is 5.35. The molecule has 1 aromatic rings. The Morgan fingerprint density at radius 2 is 2.16 bits per heavy atom. The van der Waals surface area contributed by atoms with Crippen molar-refractivity contribution in [2.24, 2.45) is 0 Å². The normalized spacial score (nSPS) is 20.8. The third-order valence-electron chi connectivity index (χ3n) is 4.61. The van der Waals surface area contributed by atoms with Gasteiger partial charge in [-0.15, -0.1) is 11.8 Å². The van der Waals surface area contributed by atoms with Gasteiger partial charge < -0.3 is 15.4 Å². The number of halogens is 1. The highest BCUT2D eigenvalue weighted by Crippen LogP contribution is 2.37. The summed E-state index contributed by atoms with van der Waals surface area (Å²) in [5.74, 6) is 1.01. The fourth-order valence-corrected chi connectivity index (χ4v) is 4.50. The highest BCUT2D eigenvalue weighted by Gasteiger charge is 2.22. The number of thioether (sulfide) groups is 1. The molecule has 0 aliphatic carbocycles. The molecule has 0 spiro atoms. The number of rotatable bonds is 6. The Balaban J connectivity index is 1.36. The van der Waals surface area contributed by atoms with Gasteiger partial charge >= 0.3 is 6.03 Å². The summed E-state index contributed by atoms with van der Waals surface area (Å²) in [5.41, 5.74) is 1.13. The number of nitrogens with zero attached hydrogens (tertiary/aromatic N) is 1. The number of fused-ring (bicyclic) bond motifs is 1. The third-order valence-corrected chi connectivity index (χ3v) is 5.96. The maximum absolute atomic E-state index is 12.2. The van der Waals surface area contributed by atoms with Crippen LogP contribution in [-0.4, -0.2) is 56.1 Å². The Kier molecular flexibility index (Phi) is 7.28. The molecule has 7 heteroatoms. The van der Waals surface area contributed by atoms with Crippen molar-refractivity contribution in [3.05, 3.63) is 28.8 Å². The Morgan fingerprint density at radius 1 is 1.32 bits per heavy atom. The van der Waals surface area contributed by atoms with Crippen LogP contribution < -0.4 is 10.6 Å². The van der Waals surface area contributed by atoms with Crippen molar-refractivity contribution in [2.45, 2.75) is 30.2 Å². The first-order chi connectivity index (χ1) is 12.2. The number of carbonyl (C=O) groups excluding carboxylic acids is 1. The van der Waals surface area contributed by atoms with E-state index in [9.17, 15) is 4.79 Å². The zero-order valence-corrected chi connectivity index (χ0v) is 16.0. The molecule has 2 aliphatic rings. The Hall–Kier alpha value is -0.950. The topological polar surface area (TPSA) is 53.6 Å². The molecule has 2 aliphatic heterocycles. The summed E-state index contributed by atoms with van der Waals surface area (Å²) in [7, 11) is 0. The number of unbranched alkanes of at least 4 members (excludes halogenated alkanes) is 1. The Bertz CT molecular complexity index is 581. The molecule has 5 nitrogen and oxygen atoms in total. The first kappa shape index (κ1) is 18.8. The van der Waals surface area contributed by atoms with E-state index in [2.05, 4.69) is 15.5 Å². The molecule has 0 saturated carbocycles. The molecule has 0 radical (unpaired) electrons. The molecular weight excluding hydrogens is 358 g/mol. The van der Waals surface area contributed by atoms with E-state index < -0.39 is 0 Å². The van der Waals surface area contributed by atoms with Crippen molar-refractivity contribution < 1.29 is 9.53 Å². The van der Waals surface area contributed by atoms with E-state index in [1.165, 1.54) is 4.90 Å². The lowest BCUT2D eigenvalue weighted by Gasteiger charge is -2.27. The van der Waals surface area contributed by atoms with E-state index >= 15 is 0 Å². The maximum Gasteiger partial charge on any atom is 0.315 e. The molecule has 1 aromatic carbocycles. The Labute approximate surface area is 158 Å². The van der Waals surface area contributed by atoms with Gasteiger partial charge in [0.15, 0.2) is 0 Å². The van der Waals surface area contributed by atoms with Crippen LogP contribution in [-0.2, 0) is 4.74 Å². The minimum absolute atomic E-state index is 0.0447. The van der Waals surface area contributed by atoms with E-state index in [-0.39, 0.29) is 12.1 Å². The fraction of sp³-hybridized carbons (Fsp3) is 0.611. The van der Waals surface area contributed by atoms with Crippen molar-refractivity contribution in [3.63, 3.8) is 0 Å². The predicted molar refractivity (Wildman–Crippen MR) is 103 cm³/mol. The van der Waals surface area contributed by atoms with Crippen molar-refractivity contribution in [1.29, 1.82) is 0 Å². The summed E-state index contributed by atoms with van der Waals surface area (Å²) in [6.45, 7) is 5.52. The molecular formula is C18H26ClN3O2S. The van der Waals surface area contributed by atoms with Gasteiger partial charge in [0.05, 0.1) is 19.3 Å². The lowest BCUT2D eigenvalue weighted by Crippen LogP contribution is -2.40. The van der Waals surface area contributed by atoms with Crippen molar-refractivity contribution in [3.8, 4) is 0 Å². The van der Waals surface area contributed by atoms with Crippen LogP contribution in [0, 0.1) is 0 Å². The lowest BCUT2D eigenvalue weighted by molar-refractivity contribution is 0.0372. The van der Waals surface area contributed by atoms with Gasteiger partial charge in [-0.2, -0.15) is 0 Å². The van der Waals surface area contributed by atoms with Gasteiger partial charge in [-0.1, -0.05) is 11.6 Å². The number of carbonyl (C=O) groups is 1. The van der Waals surface area contributed by atoms with Crippen LogP contribution in [0.25, 0.3) is 0 Å². The molecule has 1 unspecified atom stereocenters. The fourth-order valence-electron chi connectivity index (χ4n) is 3.21. The van der Waals surface area contributed by atoms with E-state index in [0.29, 0.717) is 6.54 Å². The van der Waals surface area contributed by atoms with Gasteiger partial charge in [0.2, 0.25) is 0 Å². The van der Waals surface area contributed by atoms with Crippen LogP contribution in [0.1, 0.15) is 30.9 Å². The number of hydrogen-bond acceptors (Lipinski definition) is 4. The van der Waals surface area contributed by atoms with Gasteiger partial charge in [-0.25, -0.2) is 4.79 Å². The predicted octanol–water partition coefficient (Wildman–Crippen LogP) is 3.29. The van der Waals surface area contributed by atoms with Gasteiger partial charge in [0, 0.05) is 35.3 Å². The summed E-state index contributed by atoms with van der Waals surface area (Å²) in [6.07, 6.45) is 3.02. The third kappa shape index (κ3) is 5.78. The van der Waals surface area contributed by atoms with E-state index in [0.717, 1.165) is 68.4 Å². The number of morpholine rings is 1. The maximum atomic E-state index is 12.2. The average molecular weight is 384 g/mol. The van der Waals surface area contributed by atoms with E-state index in [1.807, 2.05) is 30.0 Å². The zero-order chi connectivity index (χ0) is 17.5. The van der Waals surface area contributed by atoms with Gasteiger partial charge in [-0.05, 0) is 49.6 Å². The van der Waals surface area contributed by atoms with Gasteiger partial charge in [0.1, 0.15) is 0 Å². The molecule has 138 valence electrons. The van der Waals surface area contributed by atoms with Crippen LogP contribution in [0.3, 0.4) is 0 Å². The molecule has 3 rings (SSSR count). The lowest BCUT2D eigenvalue weighted by atomic mass is 10.0. The smallest absolute Gasteiger partial charge is 0.315 e. The van der Waals surface area contributed by atoms with Crippen LogP contribution in [0.5, 0.6) is 0 Å². The quantitative estimate of drug-likeness (QED) is 0.740. The Morgan fingerprint density at radius 3 is 3.00 bits per heavy atom. The van der Waals surface area contributed by atoms with Gasteiger partial charge in [0.25, 0.3) is 0 Å². The number of urea groups is 1. The summed E-state index contributed by atoms with van der Waals surface area (Å²) >= 11 is 7.93. The number of hydrogen-bond donors (Lipinski definition) is 2. The number of benzene rings is 1. The second-order valence-corrected chi connectivity index (χ2v) is 8.01. The number of nitrogens with one attached hydrogen (secondary N) is 2. The van der Waals surface area contributed by atoms with Crippen LogP contribution >= 0.6 is 23.4 Å². The SMILES string of the molecule is O=C(NCCCCN1CCOCC1)NC1CCSc2ccc(Cl)cc21. The number of amides is 2. The summed E-state index contributed by atoms with van der Waals surface area (Å²) in [6, 6.07) is 5.87.